The molecule has 0 aliphatic heterocycles. The maximum atomic E-state index is 8.36. The molecule has 0 aromatic heterocycles. The van der Waals surface area contributed by atoms with Gasteiger partial charge >= 0.3 is 0 Å². The van der Waals surface area contributed by atoms with Crippen LogP contribution in [-0.4, -0.2) is 10.3 Å². The van der Waals surface area contributed by atoms with Gasteiger partial charge in [0.05, 0.1) is 0 Å². The van der Waals surface area contributed by atoms with Gasteiger partial charge in [0.25, 0.3) is 5.09 Å². The predicted octanol–water partition coefficient (Wildman–Crippen LogP) is 0.0891. The number of nitrogens with zero attached hydrogens (tertiary/aromatic N) is 1. The Morgan fingerprint density at radius 2 is 1.43 bits per heavy atom. The van der Waals surface area contributed by atoms with E-state index in [4.69, 9.17) is 15.3 Å². The van der Waals surface area contributed by atoms with Crippen molar-refractivity contribution in [1.29, 1.82) is 0 Å². The molecular formula is H9N3O3S. The minimum Gasteiger partial charge on any atom is -0.344 e. The first-order valence-corrected chi connectivity index (χ1v) is 0.565. The zero-order valence-corrected chi connectivity index (χ0v) is 4.63. The third-order valence-electron chi connectivity index (χ3n) is 0. The molecule has 0 radical (unpaired) electrons. The van der Waals surface area contributed by atoms with Crippen molar-refractivity contribution in [3.8, 4) is 0 Å². The van der Waals surface area contributed by atoms with Crippen molar-refractivity contribution >= 4 is 13.5 Å². The van der Waals surface area contributed by atoms with Gasteiger partial charge in [-0.05, 0) is 0 Å². The van der Waals surface area contributed by atoms with Crippen molar-refractivity contribution in [2.24, 2.45) is 0 Å². The molecule has 6 nitrogen and oxygen atoms in total. The SMILES string of the molecule is N.N.O=[N+]([O-])O.S. The third kappa shape index (κ3) is 234. The van der Waals surface area contributed by atoms with E-state index in [1.807, 2.05) is 0 Å². The average Bonchev–Trinajstić information content (AvgIpc) is 0.811. The smallest absolute Gasteiger partial charge is 0.291 e. The van der Waals surface area contributed by atoms with Crippen LogP contribution in [-0.2, 0) is 0 Å². The molecule has 7 N–H and O–H groups in total. The molecular weight excluding hydrogens is 122 g/mol. The Hall–Kier alpha value is -0.530. The van der Waals surface area contributed by atoms with E-state index in [9.17, 15) is 0 Å². The van der Waals surface area contributed by atoms with E-state index in [-0.39, 0.29) is 25.8 Å². The van der Waals surface area contributed by atoms with Gasteiger partial charge in [-0.3, -0.25) is 0 Å². The third-order valence-corrected chi connectivity index (χ3v) is 0. The zero-order chi connectivity index (χ0) is 3.58. The minimum absolute atomic E-state index is 0. The molecule has 0 unspecified atom stereocenters. The number of hydrogen-bond acceptors (Lipinski definition) is 4. The van der Waals surface area contributed by atoms with Crippen molar-refractivity contribution in [2.45, 2.75) is 0 Å². The van der Waals surface area contributed by atoms with Crippen molar-refractivity contribution in [3.63, 3.8) is 0 Å². The summed E-state index contributed by atoms with van der Waals surface area (Å²) in [4.78, 5) is 8.36. The van der Waals surface area contributed by atoms with Crippen LogP contribution in [0.2, 0.25) is 0 Å². The van der Waals surface area contributed by atoms with Gasteiger partial charge in [-0.15, -0.1) is 10.1 Å². The lowest BCUT2D eigenvalue weighted by molar-refractivity contribution is -0.742. The molecule has 0 aromatic carbocycles. The van der Waals surface area contributed by atoms with E-state index >= 15 is 0 Å². The van der Waals surface area contributed by atoms with Gasteiger partial charge in [0.15, 0.2) is 0 Å². The summed E-state index contributed by atoms with van der Waals surface area (Å²) in [5.74, 6) is 0. The quantitative estimate of drug-likeness (QED) is 0.316. The summed E-state index contributed by atoms with van der Waals surface area (Å²) in [6.45, 7) is 0. The molecule has 0 saturated heterocycles. The predicted molar refractivity (Wildman–Crippen MR) is 29.2 cm³/mol. The Kier molecular flexibility index (Phi) is 81.2. The first-order chi connectivity index (χ1) is 1.73. The Balaban J connectivity index is -0.0000000150. The van der Waals surface area contributed by atoms with Crippen LogP contribution >= 0.6 is 13.5 Å². The highest BCUT2D eigenvalue weighted by Crippen LogP contribution is 1.38. The summed E-state index contributed by atoms with van der Waals surface area (Å²) >= 11 is 0. The van der Waals surface area contributed by atoms with Crippen LogP contribution in [0.15, 0.2) is 0 Å². The summed E-state index contributed by atoms with van der Waals surface area (Å²) in [5.41, 5.74) is 0. The van der Waals surface area contributed by atoms with Crippen molar-refractivity contribution < 1.29 is 10.3 Å². The molecule has 0 heterocycles. The Labute approximate surface area is 47.2 Å². The van der Waals surface area contributed by atoms with Crippen molar-refractivity contribution in [2.75, 3.05) is 0 Å². The van der Waals surface area contributed by atoms with Gasteiger partial charge < -0.3 is 17.5 Å². The summed E-state index contributed by atoms with van der Waals surface area (Å²) in [6.07, 6.45) is 0. The molecule has 0 amide bonds. The normalized spacial score (nSPS) is 3.43. The highest BCUT2D eigenvalue weighted by molar-refractivity contribution is 7.59. The molecule has 7 heteroatoms. The van der Waals surface area contributed by atoms with E-state index in [1.165, 1.54) is 0 Å². The van der Waals surface area contributed by atoms with Crippen LogP contribution in [0.4, 0.5) is 0 Å². The van der Waals surface area contributed by atoms with E-state index in [0.717, 1.165) is 0 Å². The fourth-order valence-electron chi connectivity index (χ4n) is 0. The van der Waals surface area contributed by atoms with Crippen LogP contribution in [0.3, 0.4) is 0 Å². The van der Waals surface area contributed by atoms with Gasteiger partial charge in [-0.2, -0.15) is 13.5 Å². The van der Waals surface area contributed by atoms with Crippen LogP contribution in [0.1, 0.15) is 0 Å². The maximum absolute atomic E-state index is 8.36. The Bertz CT molecular complexity index is 33.2. The summed E-state index contributed by atoms with van der Waals surface area (Å²) in [6, 6.07) is 0. The maximum Gasteiger partial charge on any atom is 0.291 e. The van der Waals surface area contributed by atoms with Gasteiger partial charge in [0.1, 0.15) is 0 Å². The number of rotatable bonds is 0. The lowest BCUT2D eigenvalue weighted by Gasteiger charge is -1.56. The number of hydrogen-bond donors (Lipinski definition) is 3. The first kappa shape index (κ1) is 31.7. The second-order valence-corrected chi connectivity index (χ2v) is 0.238. The second kappa shape index (κ2) is 17.9. The molecule has 0 aromatic rings. The van der Waals surface area contributed by atoms with Gasteiger partial charge in [0, 0.05) is 0 Å². The second-order valence-electron chi connectivity index (χ2n) is 0.238. The van der Waals surface area contributed by atoms with Crippen molar-refractivity contribution in [3.05, 3.63) is 10.1 Å². The fraction of sp³-hybridized carbons (Fsp3) is 0. The lowest BCUT2D eigenvalue weighted by Crippen LogP contribution is -1.81. The van der Waals surface area contributed by atoms with Crippen LogP contribution in [0.5, 0.6) is 0 Å². The van der Waals surface area contributed by atoms with Gasteiger partial charge in [-0.1, -0.05) is 0 Å². The summed E-state index contributed by atoms with van der Waals surface area (Å²) < 4.78 is 0. The van der Waals surface area contributed by atoms with E-state index in [1.54, 1.807) is 0 Å². The monoisotopic (exact) mass is 131 g/mol. The van der Waals surface area contributed by atoms with E-state index in [0.29, 0.717) is 0 Å². The highest BCUT2D eigenvalue weighted by atomic mass is 32.1. The molecule has 0 spiro atoms. The fourth-order valence-corrected chi connectivity index (χ4v) is 0. The van der Waals surface area contributed by atoms with E-state index in [2.05, 4.69) is 0 Å². The van der Waals surface area contributed by atoms with Crippen LogP contribution < -0.4 is 12.3 Å². The summed E-state index contributed by atoms with van der Waals surface area (Å²) in [5, 5.41) is 13.6. The molecule has 0 rings (SSSR count). The largest absolute Gasteiger partial charge is 0.344 e. The molecule has 0 saturated carbocycles. The topological polar surface area (TPSA) is 133 Å². The first-order valence-electron chi connectivity index (χ1n) is 0.565. The van der Waals surface area contributed by atoms with Crippen LogP contribution in [0, 0.1) is 10.1 Å². The molecule has 0 aliphatic carbocycles. The molecule has 7 heavy (non-hydrogen) atoms. The van der Waals surface area contributed by atoms with Gasteiger partial charge in [-0.25, -0.2) is 0 Å². The van der Waals surface area contributed by atoms with Gasteiger partial charge in [0.2, 0.25) is 0 Å². The molecule has 0 atom stereocenters. The Morgan fingerprint density at radius 1 is 1.43 bits per heavy atom. The Morgan fingerprint density at radius 3 is 1.43 bits per heavy atom. The lowest BCUT2D eigenvalue weighted by atomic mass is 13.1. The zero-order valence-electron chi connectivity index (χ0n) is 3.63. The van der Waals surface area contributed by atoms with E-state index < -0.39 is 5.09 Å². The minimum atomic E-state index is -1.50. The molecule has 0 aliphatic rings. The molecule has 0 fully saturated rings. The van der Waals surface area contributed by atoms with Crippen LogP contribution in [0.25, 0.3) is 0 Å². The highest BCUT2D eigenvalue weighted by Gasteiger charge is 1.65. The molecule has 0 bridgehead atoms. The summed E-state index contributed by atoms with van der Waals surface area (Å²) in [7, 11) is 0. The van der Waals surface area contributed by atoms with Crippen molar-refractivity contribution in [1.82, 2.24) is 12.3 Å². The molecule has 48 valence electrons. The standard InChI is InChI=1S/HNO3.2H3N.H2S/c2-1(3)4;;;/h(H,2,3,4);2*1H3;1H2. The average molecular weight is 131 g/mol.